The number of hydrogen-bond acceptors (Lipinski definition) is 5. The molecule has 2 aliphatic heterocycles. The number of H-pyrrole nitrogens is 1. The number of carbonyl (C=O) groups is 1. The zero-order valence-electron chi connectivity index (χ0n) is 13.8. The lowest BCUT2D eigenvalue weighted by Gasteiger charge is -2.46. The van der Waals surface area contributed by atoms with Crippen molar-refractivity contribution in [3.8, 4) is 0 Å². The van der Waals surface area contributed by atoms with E-state index in [2.05, 4.69) is 14.9 Å². The summed E-state index contributed by atoms with van der Waals surface area (Å²) in [7, 11) is 0. The first kappa shape index (κ1) is 15.4. The number of imidazole rings is 1. The average Bonchev–Trinajstić information content (AvgIpc) is 3.25. The number of aryl methyl sites for hydroxylation is 1. The third kappa shape index (κ3) is 2.97. The second kappa shape index (κ2) is 6.41. The number of carbonyl (C=O) groups excluding carboxylic acids is 1. The van der Waals surface area contributed by atoms with Crippen LogP contribution >= 0.6 is 0 Å². The number of nitrogens with one attached hydrogen (secondary N) is 1. The Labute approximate surface area is 140 Å². The molecule has 24 heavy (non-hydrogen) atoms. The molecule has 1 amide bonds. The van der Waals surface area contributed by atoms with Crippen LogP contribution in [0.15, 0.2) is 29.0 Å². The van der Waals surface area contributed by atoms with Gasteiger partial charge in [-0.15, -0.1) is 0 Å². The third-order valence-corrected chi connectivity index (χ3v) is 4.81. The lowest BCUT2D eigenvalue weighted by atomic mass is 9.98. The SMILES string of the molecule is Cc1ncc(CN2CC[C@H]3OCCN(C(=O)c4ccco4)[C@@H]3C2)[nH]1. The summed E-state index contributed by atoms with van der Waals surface area (Å²) < 4.78 is 11.2. The molecule has 7 heteroatoms. The predicted octanol–water partition coefficient (Wildman–Crippen LogP) is 1.43. The van der Waals surface area contributed by atoms with Crippen molar-refractivity contribution >= 4 is 5.91 Å². The Bertz CT molecular complexity index is 697. The van der Waals surface area contributed by atoms with Gasteiger partial charge in [-0.2, -0.15) is 0 Å². The van der Waals surface area contributed by atoms with Gasteiger partial charge in [-0.3, -0.25) is 9.69 Å². The number of aromatic amines is 1. The molecule has 0 spiro atoms. The van der Waals surface area contributed by atoms with Crippen molar-refractivity contribution < 1.29 is 13.9 Å². The van der Waals surface area contributed by atoms with Crippen LogP contribution in [0.3, 0.4) is 0 Å². The number of likely N-dealkylation sites (tertiary alicyclic amines) is 1. The average molecular weight is 330 g/mol. The summed E-state index contributed by atoms with van der Waals surface area (Å²) >= 11 is 0. The van der Waals surface area contributed by atoms with Crippen LogP contribution in [0.2, 0.25) is 0 Å². The number of rotatable bonds is 3. The van der Waals surface area contributed by atoms with Crippen molar-refractivity contribution in [3.05, 3.63) is 41.9 Å². The van der Waals surface area contributed by atoms with E-state index in [4.69, 9.17) is 9.15 Å². The van der Waals surface area contributed by atoms with Crippen molar-refractivity contribution in [1.29, 1.82) is 0 Å². The normalized spacial score (nSPS) is 24.8. The number of hydrogen-bond donors (Lipinski definition) is 1. The van der Waals surface area contributed by atoms with Gasteiger partial charge in [-0.05, 0) is 25.5 Å². The summed E-state index contributed by atoms with van der Waals surface area (Å²) in [5, 5.41) is 0. The first-order chi connectivity index (χ1) is 11.7. The molecule has 0 unspecified atom stereocenters. The van der Waals surface area contributed by atoms with Crippen molar-refractivity contribution in [1.82, 2.24) is 19.8 Å². The third-order valence-electron chi connectivity index (χ3n) is 4.81. The maximum Gasteiger partial charge on any atom is 0.290 e. The maximum absolute atomic E-state index is 12.7. The molecule has 4 rings (SSSR count). The minimum Gasteiger partial charge on any atom is -0.459 e. The summed E-state index contributed by atoms with van der Waals surface area (Å²) in [6.45, 7) is 5.73. The van der Waals surface area contributed by atoms with Crippen molar-refractivity contribution in [2.45, 2.75) is 32.0 Å². The zero-order valence-corrected chi connectivity index (χ0v) is 13.8. The minimum absolute atomic E-state index is 0.0439. The first-order valence-electron chi connectivity index (χ1n) is 8.39. The van der Waals surface area contributed by atoms with Gasteiger partial charge >= 0.3 is 0 Å². The molecule has 2 aliphatic rings. The van der Waals surface area contributed by atoms with Gasteiger partial charge in [-0.1, -0.05) is 0 Å². The Morgan fingerprint density at radius 1 is 1.46 bits per heavy atom. The Hall–Kier alpha value is -2.12. The van der Waals surface area contributed by atoms with Crippen LogP contribution in [0.5, 0.6) is 0 Å². The molecule has 0 saturated carbocycles. The number of fused-ring (bicyclic) bond motifs is 1. The summed E-state index contributed by atoms with van der Waals surface area (Å²) in [5.41, 5.74) is 1.10. The summed E-state index contributed by atoms with van der Waals surface area (Å²) in [6, 6.07) is 3.54. The predicted molar refractivity (Wildman–Crippen MR) is 86.5 cm³/mol. The van der Waals surface area contributed by atoms with Crippen LogP contribution in [0.1, 0.15) is 28.5 Å². The van der Waals surface area contributed by atoms with Gasteiger partial charge < -0.3 is 19.0 Å². The van der Waals surface area contributed by atoms with Crippen LogP contribution in [-0.4, -0.2) is 64.1 Å². The number of furan rings is 1. The van der Waals surface area contributed by atoms with E-state index in [0.717, 1.165) is 37.6 Å². The van der Waals surface area contributed by atoms with Crippen LogP contribution < -0.4 is 0 Å². The van der Waals surface area contributed by atoms with Crippen LogP contribution in [0.25, 0.3) is 0 Å². The fourth-order valence-electron chi connectivity index (χ4n) is 3.67. The van der Waals surface area contributed by atoms with E-state index in [9.17, 15) is 4.79 Å². The number of nitrogens with zero attached hydrogens (tertiary/aromatic N) is 3. The molecule has 128 valence electrons. The van der Waals surface area contributed by atoms with Gasteiger partial charge in [0.25, 0.3) is 5.91 Å². The first-order valence-corrected chi connectivity index (χ1v) is 8.39. The highest BCUT2D eigenvalue weighted by molar-refractivity contribution is 5.91. The van der Waals surface area contributed by atoms with Crippen molar-refractivity contribution in [2.24, 2.45) is 0 Å². The van der Waals surface area contributed by atoms with E-state index < -0.39 is 0 Å². The standard InChI is InChI=1S/C17H22N4O3/c1-12-18-9-13(19-12)10-20-5-4-15-14(11-20)21(6-8-24-15)17(22)16-3-2-7-23-16/h2-3,7,9,14-15H,4-6,8,10-11H2,1H3,(H,18,19)/t14-,15-/m1/s1. The van der Waals surface area contributed by atoms with E-state index in [0.29, 0.717) is 18.9 Å². The molecule has 0 aliphatic carbocycles. The number of piperidine rings is 1. The molecule has 4 heterocycles. The Morgan fingerprint density at radius 2 is 2.38 bits per heavy atom. The second-order valence-electron chi connectivity index (χ2n) is 6.47. The van der Waals surface area contributed by atoms with Crippen LogP contribution in [0.4, 0.5) is 0 Å². The van der Waals surface area contributed by atoms with Gasteiger partial charge in [0, 0.05) is 38.1 Å². The smallest absolute Gasteiger partial charge is 0.290 e. The fourth-order valence-corrected chi connectivity index (χ4v) is 3.67. The number of morpholine rings is 1. The summed E-state index contributed by atoms with van der Waals surface area (Å²) in [5.74, 6) is 1.28. The molecule has 0 bridgehead atoms. The minimum atomic E-state index is -0.0439. The van der Waals surface area contributed by atoms with Crippen molar-refractivity contribution in [2.75, 3.05) is 26.2 Å². The van der Waals surface area contributed by atoms with E-state index in [1.54, 1.807) is 18.4 Å². The molecule has 0 aromatic carbocycles. The largest absolute Gasteiger partial charge is 0.459 e. The Balaban J connectivity index is 1.48. The Kier molecular flexibility index (Phi) is 4.12. The zero-order chi connectivity index (χ0) is 16.5. The molecule has 1 N–H and O–H groups in total. The lowest BCUT2D eigenvalue weighted by molar-refractivity contribution is -0.0920. The molecule has 7 nitrogen and oxygen atoms in total. The number of aromatic nitrogens is 2. The summed E-state index contributed by atoms with van der Waals surface area (Å²) in [4.78, 5) is 24.5. The van der Waals surface area contributed by atoms with Gasteiger partial charge in [0.2, 0.25) is 0 Å². The van der Waals surface area contributed by atoms with Gasteiger partial charge in [0.05, 0.1) is 25.0 Å². The highest BCUT2D eigenvalue weighted by Gasteiger charge is 2.40. The number of ether oxygens (including phenoxy) is 1. The molecule has 0 radical (unpaired) electrons. The lowest BCUT2D eigenvalue weighted by Crippen LogP contribution is -2.61. The molecular weight excluding hydrogens is 308 g/mol. The molecular formula is C17H22N4O3. The van der Waals surface area contributed by atoms with Crippen LogP contribution in [-0.2, 0) is 11.3 Å². The van der Waals surface area contributed by atoms with Crippen LogP contribution in [0, 0.1) is 6.92 Å². The molecule has 2 aromatic heterocycles. The van der Waals surface area contributed by atoms with Crippen molar-refractivity contribution in [3.63, 3.8) is 0 Å². The topological polar surface area (TPSA) is 74.6 Å². The highest BCUT2D eigenvalue weighted by atomic mass is 16.5. The van der Waals surface area contributed by atoms with E-state index in [-0.39, 0.29) is 18.1 Å². The quantitative estimate of drug-likeness (QED) is 0.921. The van der Waals surface area contributed by atoms with E-state index >= 15 is 0 Å². The van der Waals surface area contributed by atoms with Gasteiger partial charge in [0.15, 0.2) is 5.76 Å². The fraction of sp³-hybridized carbons (Fsp3) is 0.529. The monoisotopic (exact) mass is 330 g/mol. The molecule has 2 saturated heterocycles. The van der Waals surface area contributed by atoms with Gasteiger partial charge in [-0.25, -0.2) is 4.98 Å². The summed E-state index contributed by atoms with van der Waals surface area (Å²) in [6.07, 6.45) is 4.46. The Morgan fingerprint density at radius 3 is 3.12 bits per heavy atom. The molecule has 2 fully saturated rings. The molecule has 2 atom stereocenters. The molecule has 2 aromatic rings. The number of amides is 1. The van der Waals surface area contributed by atoms with E-state index in [1.807, 2.05) is 18.0 Å². The van der Waals surface area contributed by atoms with E-state index in [1.165, 1.54) is 0 Å². The maximum atomic E-state index is 12.7. The van der Waals surface area contributed by atoms with Gasteiger partial charge in [0.1, 0.15) is 5.82 Å². The highest BCUT2D eigenvalue weighted by Crippen LogP contribution is 2.25. The second-order valence-corrected chi connectivity index (χ2v) is 6.47.